The van der Waals surface area contributed by atoms with Crippen LogP contribution in [0.1, 0.15) is 18.7 Å². The predicted molar refractivity (Wildman–Crippen MR) is 60.2 cm³/mol. The molecule has 92 valence electrons. The molecule has 0 saturated carbocycles. The van der Waals surface area contributed by atoms with Crippen LogP contribution in [0.25, 0.3) is 0 Å². The van der Waals surface area contributed by atoms with Gasteiger partial charge in [-0.2, -0.15) is 0 Å². The number of hydrogen-bond acceptors (Lipinski definition) is 5. The lowest BCUT2D eigenvalue weighted by Crippen LogP contribution is -2.32. The fourth-order valence-electron chi connectivity index (χ4n) is 1.96. The van der Waals surface area contributed by atoms with E-state index in [-0.39, 0.29) is 11.7 Å². The minimum atomic E-state index is -0.440. The molecule has 1 aromatic carbocycles. The van der Waals surface area contributed by atoms with Crippen LogP contribution in [0.5, 0.6) is 0 Å². The molecule has 1 aliphatic rings. The number of amides is 1. The SMILES string of the molecule is CC(=O)N1c2nonc2NC1c1ccc(F)cc1. The number of carbonyl (C=O) groups is 1. The van der Waals surface area contributed by atoms with Crippen molar-refractivity contribution < 1.29 is 13.8 Å². The zero-order valence-electron chi connectivity index (χ0n) is 9.42. The van der Waals surface area contributed by atoms with Crippen molar-refractivity contribution in [2.75, 3.05) is 10.2 Å². The van der Waals surface area contributed by atoms with Crippen LogP contribution < -0.4 is 10.2 Å². The monoisotopic (exact) mass is 248 g/mol. The molecule has 0 aliphatic carbocycles. The highest BCUT2D eigenvalue weighted by atomic mass is 19.1. The van der Waals surface area contributed by atoms with E-state index < -0.39 is 6.17 Å². The average Bonchev–Trinajstić information content (AvgIpc) is 2.88. The molecule has 0 spiro atoms. The largest absolute Gasteiger partial charge is 0.340 e. The smallest absolute Gasteiger partial charge is 0.227 e. The summed E-state index contributed by atoms with van der Waals surface area (Å²) in [7, 11) is 0. The van der Waals surface area contributed by atoms with Crippen LogP contribution in [0.4, 0.5) is 16.0 Å². The molecule has 2 aromatic rings. The van der Waals surface area contributed by atoms with Crippen LogP contribution in [0.15, 0.2) is 28.9 Å². The number of nitrogens with one attached hydrogen (secondary N) is 1. The van der Waals surface area contributed by atoms with Crippen molar-refractivity contribution >= 4 is 17.5 Å². The lowest BCUT2D eigenvalue weighted by Gasteiger charge is -2.22. The maximum atomic E-state index is 12.9. The van der Waals surface area contributed by atoms with Gasteiger partial charge in [0.1, 0.15) is 12.0 Å². The first-order chi connectivity index (χ1) is 8.66. The quantitative estimate of drug-likeness (QED) is 0.831. The van der Waals surface area contributed by atoms with Gasteiger partial charge in [-0.25, -0.2) is 9.02 Å². The molecule has 1 atom stereocenters. The van der Waals surface area contributed by atoms with Crippen LogP contribution in [0, 0.1) is 5.82 Å². The molecule has 18 heavy (non-hydrogen) atoms. The van der Waals surface area contributed by atoms with Gasteiger partial charge >= 0.3 is 0 Å². The van der Waals surface area contributed by atoms with Gasteiger partial charge in [-0.15, -0.1) is 0 Å². The Morgan fingerprint density at radius 2 is 2.11 bits per heavy atom. The normalized spacial score (nSPS) is 17.4. The summed E-state index contributed by atoms with van der Waals surface area (Å²) < 4.78 is 17.4. The number of aromatic nitrogens is 2. The van der Waals surface area contributed by atoms with Gasteiger partial charge in [-0.1, -0.05) is 12.1 Å². The molecule has 1 N–H and O–H groups in total. The Kier molecular flexibility index (Phi) is 2.26. The minimum absolute atomic E-state index is 0.203. The second kappa shape index (κ2) is 3.80. The Balaban J connectivity index is 2.01. The molecule has 0 bridgehead atoms. The summed E-state index contributed by atoms with van der Waals surface area (Å²) in [4.78, 5) is 13.1. The van der Waals surface area contributed by atoms with E-state index in [0.717, 1.165) is 5.56 Å². The van der Waals surface area contributed by atoms with Crippen molar-refractivity contribution in [1.82, 2.24) is 10.3 Å². The summed E-state index contributed by atoms with van der Waals surface area (Å²) in [5, 5.41) is 10.3. The molecule has 1 aromatic heterocycles. The van der Waals surface area contributed by atoms with Gasteiger partial charge in [0.25, 0.3) is 0 Å². The number of hydrogen-bond donors (Lipinski definition) is 1. The van der Waals surface area contributed by atoms with Crippen molar-refractivity contribution in [1.29, 1.82) is 0 Å². The van der Waals surface area contributed by atoms with Crippen molar-refractivity contribution in [2.24, 2.45) is 0 Å². The Morgan fingerprint density at radius 3 is 2.78 bits per heavy atom. The molecule has 1 amide bonds. The maximum Gasteiger partial charge on any atom is 0.227 e. The molecular formula is C11H9FN4O2. The van der Waals surface area contributed by atoms with Crippen LogP contribution in [0.2, 0.25) is 0 Å². The summed E-state index contributed by atoms with van der Waals surface area (Å²) in [5.41, 5.74) is 0.742. The Hall–Kier alpha value is -2.44. The van der Waals surface area contributed by atoms with E-state index >= 15 is 0 Å². The van der Waals surface area contributed by atoms with E-state index in [4.69, 9.17) is 0 Å². The van der Waals surface area contributed by atoms with E-state index in [1.807, 2.05) is 0 Å². The van der Waals surface area contributed by atoms with Crippen molar-refractivity contribution in [2.45, 2.75) is 13.1 Å². The molecule has 0 radical (unpaired) electrons. The molecule has 1 unspecified atom stereocenters. The van der Waals surface area contributed by atoms with Gasteiger partial charge in [-0.05, 0) is 28.0 Å². The van der Waals surface area contributed by atoms with Gasteiger partial charge in [0.15, 0.2) is 0 Å². The number of benzene rings is 1. The highest BCUT2D eigenvalue weighted by Crippen LogP contribution is 2.38. The van der Waals surface area contributed by atoms with E-state index in [1.54, 1.807) is 12.1 Å². The third-order valence-corrected chi connectivity index (χ3v) is 2.76. The van der Waals surface area contributed by atoms with Crippen molar-refractivity contribution in [3.05, 3.63) is 35.6 Å². The van der Waals surface area contributed by atoms with Gasteiger partial charge in [0.2, 0.25) is 17.5 Å². The number of halogens is 1. The van der Waals surface area contributed by atoms with Crippen molar-refractivity contribution in [3.8, 4) is 0 Å². The molecule has 2 heterocycles. The zero-order valence-corrected chi connectivity index (χ0v) is 9.42. The van der Waals surface area contributed by atoms with E-state index in [1.165, 1.54) is 24.0 Å². The topological polar surface area (TPSA) is 71.3 Å². The molecule has 7 heteroatoms. The van der Waals surface area contributed by atoms with Crippen molar-refractivity contribution in [3.63, 3.8) is 0 Å². The average molecular weight is 248 g/mol. The van der Waals surface area contributed by atoms with Crippen LogP contribution in [0.3, 0.4) is 0 Å². The molecule has 0 saturated heterocycles. The summed E-state index contributed by atoms with van der Waals surface area (Å²) >= 11 is 0. The van der Waals surface area contributed by atoms with Crippen LogP contribution in [-0.4, -0.2) is 16.2 Å². The standard InChI is InChI=1S/C11H9FN4O2/c1-6(17)16-10(7-2-4-8(12)5-3-7)13-9-11(16)15-18-14-9/h2-5,10H,1H3,(H,13,14). The first-order valence-electron chi connectivity index (χ1n) is 5.31. The van der Waals surface area contributed by atoms with E-state index in [0.29, 0.717) is 11.6 Å². The maximum absolute atomic E-state index is 12.9. The molecule has 3 rings (SSSR count). The van der Waals surface area contributed by atoms with Crippen LogP contribution >= 0.6 is 0 Å². The predicted octanol–water partition coefficient (Wildman–Crippen LogP) is 1.69. The van der Waals surface area contributed by atoms with Crippen LogP contribution in [-0.2, 0) is 4.79 Å². The second-order valence-corrected chi connectivity index (χ2v) is 3.92. The zero-order chi connectivity index (χ0) is 12.7. The summed E-state index contributed by atoms with van der Waals surface area (Å²) in [6, 6.07) is 5.88. The molecule has 0 fully saturated rings. The number of nitrogens with zero attached hydrogens (tertiary/aromatic N) is 3. The first-order valence-corrected chi connectivity index (χ1v) is 5.31. The number of fused-ring (bicyclic) bond motifs is 1. The molecule has 1 aliphatic heterocycles. The summed E-state index contributed by atoms with van der Waals surface area (Å²) in [5.74, 6) is 0.215. The van der Waals surface area contributed by atoms with Gasteiger partial charge in [0.05, 0.1) is 0 Å². The Morgan fingerprint density at radius 1 is 1.39 bits per heavy atom. The van der Waals surface area contributed by atoms with E-state index in [2.05, 4.69) is 20.3 Å². The number of rotatable bonds is 1. The highest BCUT2D eigenvalue weighted by Gasteiger charge is 2.37. The summed E-state index contributed by atoms with van der Waals surface area (Å²) in [6.45, 7) is 1.42. The fraction of sp³-hybridized carbons (Fsp3) is 0.182. The summed E-state index contributed by atoms with van der Waals surface area (Å²) in [6.07, 6.45) is -0.440. The third-order valence-electron chi connectivity index (χ3n) is 2.76. The number of anilines is 2. The highest BCUT2D eigenvalue weighted by molar-refractivity contribution is 5.96. The fourth-order valence-corrected chi connectivity index (χ4v) is 1.96. The van der Waals surface area contributed by atoms with Gasteiger partial charge in [0, 0.05) is 6.92 Å². The van der Waals surface area contributed by atoms with Gasteiger partial charge in [-0.3, -0.25) is 9.69 Å². The lowest BCUT2D eigenvalue weighted by atomic mass is 10.1. The second-order valence-electron chi connectivity index (χ2n) is 3.92. The van der Waals surface area contributed by atoms with Gasteiger partial charge < -0.3 is 5.32 Å². The Labute approximate surface area is 101 Å². The Bertz CT molecular complexity index is 595. The minimum Gasteiger partial charge on any atom is -0.340 e. The lowest BCUT2D eigenvalue weighted by molar-refractivity contribution is -0.116. The molecular weight excluding hydrogens is 239 g/mol. The van der Waals surface area contributed by atoms with E-state index in [9.17, 15) is 9.18 Å². The first kappa shape index (κ1) is 10.7. The third kappa shape index (κ3) is 1.52. The number of carbonyl (C=O) groups excluding carboxylic acids is 1. The molecule has 6 nitrogen and oxygen atoms in total.